The van der Waals surface area contributed by atoms with E-state index < -0.39 is 0 Å². The SMILES string of the molecule is [Ce+3].[Ce+3].[O-][O-].[O-][O-].[O-][O-]. The van der Waals surface area contributed by atoms with Crippen molar-refractivity contribution in [2.75, 3.05) is 0 Å². The van der Waals surface area contributed by atoms with Gasteiger partial charge in [-0.3, -0.25) is 0 Å². The van der Waals surface area contributed by atoms with Gasteiger partial charge in [0.15, 0.2) is 0 Å². The molecule has 0 saturated heterocycles. The van der Waals surface area contributed by atoms with Crippen LogP contribution in [-0.2, 0) is 0 Å². The van der Waals surface area contributed by atoms with Gasteiger partial charge in [0.1, 0.15) is 0 Å². The second-order valence-electron chi connectivity index (χ2n) is 0. The Morgan fingerprint density at radius 2 is 0.375 bits per heavy atom. The smallest absolute Gasteiger partial charge is 1.00 e. The fraction of sp³-hybridized carbons (Fsp3) is 0. The van der Waals surface area contributed by atoms with Crippen LogP contribution in [0.25, 0.3) is 0 Å². The largest absolute Gasteiger partial charge is 3.00 e. The van der Waals surface area contributed by atoms with E-state index in [9.17, 15) is 0 Å². The zero-order valence-corrected chi connectivity index (χ0v) is 9.73. The molecule has 2 radical (unpaired) electrons. The molecule has 0 N–H and O–H groups in total. The second kappa shape index (κ2) is 109. The predicted octanol–water partition coefficient (Wildman–Crippen LogP) is -7.13. The molecule has 0 spiro atoms. The molecule has 0 amide bonds. The fourth-order valence-electron chi connectivity index (χ4n) is 0. The Hall–Kier alpha value is 2.51. The van der Waals surface area contributed by atoms with E-state index in [0.717, 1.165) is 0 Å². The molecule has 8 heavy (non-hydrogen) atoms. The third-order valence-electron chi connectivity index (χ3n) is 0. The first-order valence-corrected chi connectivity index (χ1v) is 0.500. The summed E-state index contributed by atoms with van der Waals surface area (Å²) in [4.78, 5) is 0. The van der Waals surface area contributed by atoms with Crippen molar-refractivity contribution in [2.45, 2.75) is 0 Å². The molecule has 0 aliphatic carbocycles. The second-order valence-corrected chi connectivity index (χ2v) is 0. The third kappa shape index (κ3) is 76.1. The van der Waals surface area contributed by atoms with Gasteiger partial charge in [-0.1, -0.05) is 0 Å². The molecular weight excluding hydrogens is 376 g/mol. The molecule has 0 aromatic heterocycles. The van der Waals surface area contributed by atoms with Crippen LogP contribution in [0.15, 0.2) is 0 Å². The van der Waals surface area contributed by atoms with E-state index >= 15 is 0 Å². The van der Waals surface area contributed by atoms with Crippen LogP contribution in [0.4, 0.5) is 0 Å². The molecule has 44 valence electrons. The van der Waals surface area contributed by atoms with Crippen molar-refractivity contribution in [1.82, 2.24) is 0 Å². The number of hydrogen-bond acceptors (Lipinski definition) is 6. The van der Waals surface area contributed by atoms with Crippen molar-refractivity contribution < 1.29 is 115 Å². The van der Waals surface area contributed by atoms with E-state index in [1.807, 2.05) is 0 Å². The summed E-state index contributed by atoms with van der Waals surface area (Å²) in [6, 6.07) is 0. The molecule has 0 aliphatic heterocycles. The minimum atomic E-state index is 0. The summed E-state index contributed by atoms with van der Waals surface area (Å²) in [5.41, 5.74) is 0. The number of rotatable bonds is 0. The van der Waals surface area contributed by atoms with E-state index in [2.05, 4.69) is 0 Å². The predicted molar refractivity (Wildman–Crippen MR) is 0 cm³/mol. The summed E-state index contributed by atoms with van der Waals surface area (Å²) in [6.45, 7) is 0. The maximum absolute atomic E-state index is 7.00. The molecule has 0 aromatic carbocycles. The Morgan fingerprint density at radius 1 is 0.375 bits per heavy atom. The summed E-state index contributed by atoms with van der Waals surface area (Å²) >= 11 is 0. The van der Waals surface area contributed by atoms with Gasteiger partial charge in [0.05, 0.1) is 0 Å². The van der Waals surface area contributed by atoms with E-state index in [0.29, 0.717) is 0 Å². The maximum Gasteiger partial charge on any atom is 3.00 e. The number of hydrogen-bond donors (Lipinski definition) is 0. The summed E-state index contributed by atoms with van der Waals surface area (Å²) in [7, 11) is 0. The zero-order valence-electron chi connectivity index (χ0n) is 3.45. The van der Waals surface area contributed by atoms with Gasteiger partial charge in [-0.2, -0.15) is 0 Å². The molecule has 0 aliphatic rings. The first-order valence-electron chi connectivity index (χ1n) is 0.500. The molecule has 0 aromatic rings. The standard InChI is InChI=1S/2Ce.3O2/c;;3*1-2/q2*+3;3*-2. The van der Waals surface area contributed by atoms with E-state index in [-0.39, 0.29) is 83.5 Å². The molecular formula is Ce2O6. The Kier molecular flexibility index (Phi) is 427. The Balaban J connectivity index is -0.00000000500. The summed E-state index contributed by atoms with van der Waals surface area (Å²) in [6.07, 6.45) is 0. The van der Waals surface area contributed by atoms with Crippen molar-refractivity contribution in [2.24, 2.45) is 0 Å². The van der Waals surface area contributed by atoms with E-state index in [1.54, 1.807) is 0 Å². The van der Waals surface area contributed by atoms with Crippen LogP contribution in [0.1, 0.15) is 0 Å². The van der Waals surface area contributed by atoms with Crippen molar-refractivity contribution in [3.63, 3.8) is 0 Å². The van der Waals surface area contributed by atoms with Gasteiger partial charge in [0.25, 0.3) is 0 Å². The third-order valence-corrected chi connectivity index (χ3v) is 0. The molecule has 8 heteroatoms. The van der Waals surface area contributed by atoms with Crippen molar-refractivity contribution in [3.05, 3.63) is 0 Å². The fourth-order valence-corrected chi connectivity index (χ4v) is 0. The topological polar surface area (TPSA) is 138 Å². The normalized spacial score (nSPS) is 2.25. The molecule has 0 unspecified atom stereocenters. The molecule has 0 heterocycles. The van der Waals surface area contributed by atoms with Gasteiger partial charge in [0, 0.05) is 0 Å². The molecule has 0 atom stereocenters. The van der Waals surface area contributed by atoms with Crippen LogP contribution in [0, 0.1) is 83.5 Å². The average molecular weight is 376 g/mol. The van der Waals surface area contributed by atoms with Crippen LogP contribution in [0.5, 0.6) is 0 Å². The van der Waals surface area contributed by atoms with Crippen LogP contribution in [0.2, 0.25) is 0 Å². The monoisotopic (exact) mass is 376 g/mol. The molecule has 0 saturated carbocycles. The quantitative estimate of drug-likeness (QED) is 0.304. The van der Waals surface area contributed by atoms with E-state index in [4.69, 9.17) is 31.5 Å². The van der Waals surface area contributed by atoms with Crippen LogP contribution >= 0.6 is 0 Å². The Bertz CT molecular complexity index is 6.49. The minimum absolute atomic E-state index is 0. The average Bonchev–Trinajstić information content (AvgIpc) is 1.81. The van der Waals surface area contributed by atoms with Gasteiger partial charge >= 0.3 is 83.5 Å². The molecule has 0 bridgehead atoms. The first-order chi connectivity index (χ1) is 3.00. The Labute approximate surface area is 113 Å². The Morgan fingerprint density at radius 3 is 0.375 bits per heavy atom. The first kappa shape index (κ1) is 31.3. The summed E-state index contributed by atoms with van der Waals surface area (Å²) in [5.74, 6) is 0. The van der Waals surface area contributed by atoms with Gasteiger partial charge in [-0.05, 0) is 0 Å². The van der Waals surface area contributed by atoms with Gasteiger partial charge in [-0.15, -0.1) is 0 Å². The van der Waals surface area contributed by atoms with Crippen LogP contribution in [-0.4, -0.2) is 0 Å². The summed E-state index contributed by atoms with van der Waals surface area (Å²) in [5, 5.41) is 42.0. The van der Waals surface area contributed by atoms with E-state index in [1.165, 1.54) is 0 Å². The zero-order chi connectivity index (χ0) is 6.00. The molecule has 0 rings (SSSR count). The van der Waals surface area contributed by atoms with Crippen LogP contribution < -0.4 is 31.5 Å². The van der Waals surface area contributed by atoms with Gasteiger partial charge in [0.2, 0.25) is 0 Å². The van der Waals surface area contributed by atoms with Crippen molar-refractivity contribution in [1.29, 1.82) is 0 Å². The maximum atomic E-state index is 7.00. The van der Waals surface area contributed by atoms with Crippen molar-refractivity contribution >= 4 is 0 Å². The molecule has 6 nitrogen and oxygen atoms in total. The van der Waals surface area contributed by atoms with Gasteiger partial charge < -0.3 is 31.5 Å². The minimum Gasteiger partial charge on any atom is -1.00 e. The van der Waals surface area contributed by atoms with Crippen LogP contribution in [0.3, 0.4) is 0 Å². The van der Waals surface area contributed by atoms with Crippen molar-refractivity contribution in [3.8, 4) is 0 Å². The molecule has 0 fully saturated rings. The van der Waals surface area contributed by atoms with Gasteiger partial charge in [-0.25, -0.2) is 0 Å². The summed E-state index contributed by atoms with van der Waals surface area (Å²) < 4.78 is 0.